The second kappa shape index (κ2) is 12.9. The van der Waals surface area contributed by atoms with E-state index < -0.39 is 73.5 Å². The lowest BCUT2D eigenvalue weighted by Gasteiger charge is -2.43. The molecule has 1 saturated heterocycles. The zero-order valence-electron chi connectivity index (χ0n) is 21.7. The Balaban J connectivity index is 1.59. The number of phenolic OH excluding ortho intramolecular Hbond substituents is 1. The average Bonchev–Trinajstić information content (AvgIpc) is 3.30. The minimum absolute atomic E-state index is 0.0465. The van der Waals surface area contributed by atoms with E-state index in [9.17, 15) is 35.1 Å². The molecule has 0 unspecified atom stereocenters. The number of aromatic hydroxyl groups is 1. The summed E-state index contributed by atoms with van der Waals surface area (Å²) in [7, 11) is 2.64. The van der Waals surface area contributed by atoms with Crippen molar-refractivity contribution in [1.82, 2.24) is 0 Å². The zero-order chi connectivity index (χ0) is 29.0. The van der Waals surface area contributed by atoms with E-state index in [2.05, 4.69) is 0 Å². The van der Waals surface area contributed by atoms with E-state index in [1.165, 1.54) is 38.5 Å². The molecule has 2 heterocycles. The van der Waals surface area contributed by atoms with E-state index in [0.29, 0.717) is 11.1 Å². The Hall–Kier alpha value is -3.30. The lowest BCUT2D eigenvalue weighted by Crippen LogP contribution is -2.60. The normalized spacial score (nSPS) is 33.5. The number of carbonyl (C=O) groups excluding carboxylic acids is 2. The Kier molecular flexibility index (Phi) is 9.58. The third-order valence-electron chi connectivity index (χ3n) is 6.93. The van der Waals surface area contributed by atoms with Crippen molar-refractivity contribution in [2.75, 3.05) is 27.4 Å². The van der Waals surface area contributed by atoms with Crippen LogP contribution in [-0.4, -0.2) is 108 Å². The maximum atomic E-state index is 12.8. The van der Waals surface area contributed by atoms with Crippen molar-refractivity contribution in [3.63, 3.8) is 0 Å². The van der Waals surface area contributed by atoms with Crippen molar-refractivity contribution in [3.05, 3.63) is 59.4 Å². The molecule has 40 heavy (non-hydrogen) atoms. The van der Waals surface area contributed by atoms with E-state index in [1.807, 2.05) is 0 Å². The molecule has 13 nitrogen and oxygen atoms in total. The smallest absolute Gasteiger partial charge is 0.337 e. The summed E-state index contributed by atoms with van der Waals surface area (Å²) < 4.78 is 33.0. The molecule has 0 amide bonds. The van der Waals surface area contributed by atoms with Crippen LogP contribution in [0.5, 0.6) is 5.75 Å². The van der Waals surface area contributed by atoms with Crippen molar-refractivity contribution in [3.8, 4) is 5.75 Å². The molecule has 1 aromatic rings. The largest absolute Gasteiger partial charge is 0.508 e. The first-order valence-corrected chi connectivity index (χ1v) is 12.5. The summed E-state index contributed by atoms with van der Waals surface area (Å²) in [5.41, 5.74) is 1.25. The predicted molar refractivity (Wildman–Crippen MR) is 134 cm³/mol. The van der Waals surface area contributed by atoms with E-state index >= 15 is 0 Å². The van der Waals surface area contributed by atoms with E-state index in [0.717, 1.165) is 6.26 Å². The van der Waals surface area contributed by atoms with E-state index in [-0.39, 0.29) is 17.9 Å². The summed E-state index contributed by atoms with van der Waals surface area (Å²) in [6.07, 6.45) is -4.46. The van der Waals surface area contributed by atoms with Crippen LogP contribution >= 0.6 is 0 Å². The van der Waals surface area contributed by atoms with Gasteiger partial charge < -0.3 is 54.0 Å². The molecule has 2 aliphatic heterocycles. The van der Waals surface area contributed by atoms with Crippen molar-refractivity contribution in [2.45, 2.75) is 43.1 Å². The molecule has 13 heteroatoms. The summed E-state index contributed by atoms with van der Waals surface area (Å²) in [6, 6.07) is 6.16. The van der Waals surface area contributed by atoms with Gasteiger partial charge in [-0.25, -0.2) is 9.59 Å². The fourth-order valence-corrected chi connectivity index (χ4v) is 4.95. The summed E-state index contributed by atoms with van der Waals surface area (Å²) in [5.74, 6) is -2.99. The molecule has 3 aliphatic rings. The van der Waals surface area contributed by atoms with Crippen LogP contribution in [0.3, 0.4) is 0 Å². The summed E-state index contributed by atoms with van der Waals surface area (Å²) in [5, 5.41) is 49.6. The molecular weight excluding hydrogens is 532 g/mol. The van der Waals surface area contributed by atoms with Crippen LogP contribution in [-0.2, 0) is 38.0 Å². The monoisotopic (exact) mass is 564 g/mol. The fraction of sp³-hybridized carbons (Fsp3) is 0.481. The molecule has 218 valence electrons. The fourth-order valence-electron chi connectivity index (χ4n) is 4.95. The second-order valence-electron chi connectivity index (χ2n) is 9.46. The van der Waals surface area contributed by atoms with Gasteiger partial charge in [0.05, 0.1) is 38.1 Å². The number of methoxy groups -OCH3 is 2. The van der Waals surface area contributed by atoms with Gasteiger partial charge in [0, 0.05) is 19.1 Å². The molecule has 0 spiro atoms. The van der Waals surface area contributed by atoms with Gasteiger partial charge in [-0.15, -0.1) is 0 Å². The standard InChI is InChI=1S/C27H32O13/c1-35-11-14-9-17(38-19(30)8-5-13-3-6-15(29)7-4-13)21-16(25(34)36-2)12-37-26(20(14)21)40-27-24(33)23(32)22(31)18(10-28)39-27/h3-9,12,17-18,20-24,26-29,31-33H,10-11H2,1-2H3/b8-5+/t17-,18+,20+,21-,22+,23-,24+,26-,27-/m0/s1. The molecule has 5 N–H and O–H groups in total. The minimum atomic E-state index is -1.69. The van der Waals surface area contributed by atoms with E-state index in [4.69, 9.17) is 28.4 Å². The van der Waals surface area contributed by atoms with Crippen LogP contribution in [0.4, 0.5) is 0 Å². The van der Waals surface area contributed by atoms with Crippen LogP contribution in [0.2, 0.25) is 0 Å². The van der Waals surface area contributed by atoms with Crippen LogP contribution in [0.1, 0.15) is 5.56 Å². The van der Waals surface area contributed by atoms with Crippen molar-refractivity contribution >= 4 is 18.0 Å². The van der Waals surface area contributed by atoms with Crippen molar-refractivity contribution < 1.29 is 63.5 Å². The number of phenols is 1. The van der Waals surface area contributed by atoms with Gasteiger partial charge in [-0.1, -0.05) is 12.1 Å². The first-order chi connectivity index (χ1) is 19.2. The van der Waals surface area contributed by atoms with Crippen molar-refractivity contribution in [1.29, 1.82) is 0 Å². The Bertz CT molecular complexity index is 1140. The molecule has 0 bridgehead atoms. The number of hydrogen-bond acceptors (Lipinski definition) is 13. The third-order valence-corrected chi connectivity index (χ3v) is 6.93. The zero-order valence-corrected chi connectivity index (χ0v) is 21.7. The van der Waals surface area contributed by atoms with Gasteiger partial charge in [0.1, 0.15) is 36.3 Å². The average molecular weight is 565 g/mol. The molecule has 0 saturated carbocycles. The minimum Gasteiger partial charge on any atom is -0.508 e. The van der Waals surface area contributed by atoms with Crippen LogP contribution in [0, 0.1) is 11.8 Å². The molecular formula is C27H32O13. The van der Waals surface area contributed by atoms with Gasteiger partial charge in [0.15, 0.2) is 6.29 Å². The quantitative estimate of drug-likeness (QED) is 0.145. The summed E-state index contributed by atoms with van der Waals surface area (Å²) in [6.45, 7) is -0.607. The number of esters is 2. The molecule has 9 atom stereocenters. The predicted octanol–water partition coefficient (Wildman–Crippen LogP) is -0.634. The lowest BCUT2D eigenvalue weighted by atomic mass is 9.82. The number of aliphatic hydroxyl groups is 4. The molecule has 1 aliphatic carbocycles. The first-order valence-electron chi connectivity index (χ1n) is 12.5. The molecule has 1 fully saturated rings. The Morgan fingerprint density at radius 1 is 1.00 bits per heavy atom. The summed E-state index contributed by atoms with van der Waals surface area (Å²) >= 11 is 0. The highest BCUT2D eigenvalue weighted by molar-refractivity contribution is 5.90. The lowest BCUT2D eigenvalue weighted by molar-refractivity contribution is -0.340. The van der Waals surface area contributed by atoms with Gasteiger partial charge >= 0.3 is 11.9 Å². The Morgan fingerprint density at radius 3 is 2.38 bits per heavy atom. The second-order valence-corrected chi connectivity index (χ2v) is 9.46. The number of carbonyl (C=O) groups is 2. The first kappa shape index (κ1) is 29.7. The SMILES string of the molecule is COCC1=C[C@H](OC(=O)/C=C/c2ccc(O)cc2)[C@@H]2C(C(=O)OC)=CO[C@@H](O[C@@H]3O[C@H](CO)[C@@H](O)[C@H](O)[C@H]3O)[C@H]12. The molecule has 0 radical (unpaired) electrons. The Morgan fingerprint density at radius 2 is 1.73 bits per heavy atom. The number of benzene rings is 1. The van der Waals surface area contributed by atoms with Gasteiger partial charge in [-0.3, -0.25) is 0 Å². The molecule has 4 rings (SSSR count). The number of fused-ring (bicyclic) bond motifs is 1. The van der Waals surface area contributed by atoms with Crippen LogP contribution in [0.25, 0.3) is 6.08 Å². The summed E-state index contributed by atoms with van der Waals surface area (Å²) in [4.78, 5) is 25.4. The highest BCUT2D eigenvalue weighted by Gasteiger charge is 2.53. The molecule has 1 aromatic carbocycles. The maximum Gasteiger partial charge on any atom is 0.337 e. The van der Waals surface area contributed by atoms with Gasteiger partial charge in [-0.2, -0.15) is 0 Å². The number of hydrogen-bond donors (Lipinski definition) is 5. The topological polar surface area (TPSA) is 191 Å². The Labute approximate surface area is 229 Å². The van der Waals surface area contributed by atoms with Gasteiger partial charge in [-0.05, 0) is 35.4 Å². The van der Waals surface area contributed by atoms with Crippen LogP contribution < -0.4 is 0 Å². The van der Waals surface area contributed by atoms with Gasteiger partial charge in [0.2, 0.25) is 6.29 Å². The highest BCUT2D eigenvalue weighted by Crippen LogP contribution is 2.46. The molecule has 0 aromatic heterocycles. The number of ether oxygens (including phenoxy) is 6. The van der Waals surface area contributed by atoms with Gasteiger partial charge in [0.25, 0.3) is 0 Å². The number of aliphatic hydroxyl groups excluding tert-OH is 4. The highest BCUT2D eigenvalue weighted by atomic mass is 16.8. The third kappa shape index (κ3) is 6.20. The maximum absolute atomic E-state index is 12.8. The van der Waals surface area contributed by atoms with E-state index in [1.54, 1.807) is 18.2 Å². The van der Waals surface area contributed by atoms with Crippen LogP contribution in [0.15, 0.2) is 53.8 Å². The number of rotatable bonds is 9. The van der Waals surface area contributed by atoms with Crippen molar-refractivity contribution in [2.24, 2.45) is 11.8 Å².